The average molecular weight is 343 g/mol. The number of rotatable bonds is 17. The van der Waals surface area contributed by atoms with Crippen molar-refractivity contribution in [1.29, 1.82) is 0 Å². The van der Waals surface area contributed by atoms with Crippen molar-refractivity contribution in [2.24, 2.45) is 0 Å². The SMILES string of the molecule is CCCCCCC[C@H](O)/C=C/[C@H](O)CCCCCCCCC(=O)O. The molecule has 4 heteroatoms. The molecule has 0 heterocycles. The van der Waals surface area contributed by atoms with Gasteiger partial charge in [0, 0.05) is 6.42 Å². The van der Waals surface area contributed by atoms with Crippen LogP contribution in [0.1, 0.15) is 96.8 Å². The van der Waals surface area contributed by atoms with Gasteiger partial charge in [0.1, 0.15) is 0 Å². The first-order valence-electron chi connectivity index (χ1n) is 9.82. The van der Waals surface area contributed by atoms with E-state index in [0.29, 0.717) is 0 Å². The lowest BCUT2D eigenvalue weighted by molar-refractivity contribution is -0.137. The molecule has 3 N–H and O–H groups in total. The molecule has 24 heavy (non-hydrogen) atoms. The second-order valence-corrected chi connectivity index (χ2v) is 6.78. The molecule has 142 valence electrons. The second-order valence-electron chi connectivity index (χ2n) is 6.78. The summed E-state index contributed by atoms with van der Waals surface area (Å²) < 4.78 is 0. The zero-order chi connectivity index (χ0) is 18.0. The van der Waals surface area contributed by atoms with Crippen molar-refractivity contribution in [3.05, 3.63) is 12.2 Å². The first-order valence-corrected chi connectivity index (χ1v) is 9.82. The lowest BCUT2D eigenvalue weighted by atomic mass is 10.0. The Hall–Kier alpha value is -0.870. The van der Waals surface area contributed by atoms with Gasteiger partial charge in [0.15, 0.2) is 0 Å². The third-order valence-electron chi connectivity index (χ3n) is 4.30. The summed E-state index contributed by atoms with van der Waals surface area (Å²) >= 11 is 0. The van der Waals surface area contributed by atoms with Crippen LogP contribution in [0, 0.1) is 0 Å². The Morgan fingerprint density at radius 2 is 1.17 bits per heavy atom. The van der Waals surface area contributed by atoms with Crippen molar-refractivity contribution in [2.75, 3.05) is 0 Å². The van der Waals surface area contributed by atoms with Gasteiger partial charge >= 0.3 is 5.97 Å². The highest BCUT2D eigenvalue weighted by Gasteiger charge is 2.03. The van der Waals surface area contributed by atoms with Crippen LogP contribution in [0.15, 0.2) is 12.2 Å². The summed E-state index contributed by atoms with van der Waals surface area (Å²) in [6, 6.07) is 0. The minimum absolute atomic E-state index is 0.268. The molecule has 0 aliphatic rings. The molecule has 0 fully saturated rings. The van der Waals surface area contributed by atoms with E-state index in [9.17, 15) is 15.0 Å². The number of unbranched alkanes of at least 4 members (excludes halogenated alkanes) is 9. The van der Waals surface area contributed by atoms with E-state index in [1.165, 1.54) is 25.7 Å². The molecule has 0 bridgehead atoms. The Bertz CT molecular complexity index is 315. The van der Waals surface area contributed by atoms with Crippen LogP contribution in [0.2, 0.25) is 0 Å². The molecule has 0 aromatic heterocycles. The van der Waals surface area contributed by atoms with Crippen LogP contribution in [-0.4, -0.2) is 33.5 Å². The molecule has 0 radical (unpaired) electrons. The molecule has 0 spiro atoms. The maximum atomic E-state index is 10.4. The predicted octanol–water partition coefficient (Wildman–Crippen LogP) is 4.83. The van der Waals surface area contributed by atoms with Crippen LogP contribution >= 0.6 is 0 Å². The summed E-state index contributed by atoms with van der Waals surface area (Å²) in [5, 5.41) is 28.3. The van der Waals surface area contributed by atoms with E-state index in [4.69, 9.17) is 5.11 Å². The molecule has 0 saturated carbocycles. The zero-order valence-corrected chi connectivity index (χ0v) is 15.5. The van der Waals surface area contributed by atoms with Gasteiger partial charge in [0.05, 0.1) is 12.2 Å². The van der Waals surface area contributed by atoms with Crippen molar-refractivity contribution in [2.45, 2.75) is 109 Å². The Morgan fingerprint density at radius 3 is 1.62 bits per heavy atom. The van der Waals surface area contributed by atoms with E-state index in [2.05, 4.69) is 6.92 Å². The first kappa shape index (κ1) is 23.1. The number of aliphatic hydroxyl groups excluding tert-OH is 2. The molecule has 0 aromatic rings. The number of aliphatic hydroxyl groups is 2. The quantitative estimate of drug-likeness (QED) is 0.261. The van der Waals surface area contributed by atoms with Crippen molar-refractivity contribution in [1.82, 2.24) is 0 Å². The van der Waals surface area contributed by atoms with E-state index < -0.39 is 18.2 Å². The smallest absolute Gasteiger partial charge is 0.303 e. The van der Waals surface area contributed by atoms with Gasteiger partial charge in [-0.1, -0.05) is 83.3 Å². The molecule has 0 aromatic carbocycles. The summed E-state index contributed by atoms with van der Waals surface area (Å²) in [7, 11) is 0. The standard InChI is InChI=1S/C20H38O4/c1-2-3-4-7-10-13-18(21)16-17-19(22)14-11-8-5-6-9-12-15-20(23)24/h16-19,21-22H,2-15H2,1H3,(H,23,24)/b17-16+/t18-,19+/m0/s1. The van der Waals surface area contributed by atoms with Gasteiger partial charge in [0.2, 0.25) is 0 Å². The molecule has 4 nitrogen and oxygen atoms in total. The molecule has 0 aliphatic heterocycles. The number of carboxylic acid groups (broad SMARTS) is 1. The molecule has 0 saturated heterocycles. The average Bonchev–Trinajstić information content (AvgIpc) is 2.55. The molecule has 0 aliphatic carbocycles. The zero-order valence-electron chi connectivity index (χ0n) is 15.5. The molecule has 0 unspecified atom stereocenters. The van der Waals surface area contributed by atoms with E-state index in [-0.39, 0.29) is 6.42 Å². The largest absolute Gasteiger partial charge is 0.481 e. The van der Waals surface area contributed by atoms with Crippen molar-refractivity contribution < 1.29 is 20.1 Å². The van der Waals surface area contributed by atoms with Crippen molar-refractivity contribution >= 4 is 5.97 Å². The van der Waals surface area contributed by atoms with Crippen LogP contribution < -0.4 is 0 Å². The van der Waals surface area contributed by atoms with Crippen molar-refractivity contribution in [3.63, 3.8) is 0 Å². The maximum absolute atomic E-state index is 10.4. The fraction of sp³-hybridized carbons (Fsp3) is 0.850. The highest BCUT2D eigenvalue weighted by molar-refractivity contribution is 5.66. The molecular formula is C20H38O4. The maximum Gasteiger partial charge on any atom is 0.303 e. The Kier molecular flexibility index (Phi) is 16.4. The van der Waals surface area contributed by atoms with Crippen LogP contribution in [-0.2, 0) is 4.79 Å². The summed E-state index contributed by atoms with van der Waals surface area (Å²) in [6.45, 7) is 2.19. The minimum atomic E-state index is -0.715. The van der Waals surface area contributed by atoms with Crippen LogP contribution in [0.4, 0.5) is 0 Å². The molecule has 0 rings (SSSR count). The number of hydrogen-bond donors (Lipinski definition) is 3. The van der Waals surface area contributed by atoms with Gasteiger partial charge in [0.25, 0.3) is 0 Å². The lowest BCUT2D eigenvalue weighted by Gasteiger charge is -2.08. The predicted molar refractivity (Wildman–Crippen MR) is 99.1 cm³/mol. The van der Waals surface area contributed by atoms with Gasteiger partial charge in [-0.25, -0.2) is 0 Å². The van der Waals surface area contributed by atoms with Gasteiger partial charge < -0.3 is 15.3 Å². The topological polar surface area (TPSA) is 77.8 Å². The van der Waals surface area contributed by atoms with Crippen LogP contribution in [0.5, 0.6) is 0 Å². The van der Waals surface area contributed by atoms with Crippen molar-refractivity contribution in [3.8, 4) is 0 Å². The number of aliphatic carboxylic acids is 1. The Balaban J connectivity index is 3.46. The lowest BCUT2D eigenvalue weighted by Crippen LogP contribution is -2.06. The first-order chi connectivity index (χ1) is 11.6. The second kappa shape index (κ2) is 17.0. The highest BCUT2D eigenvalue weighted by atomic mass is 16.4. The highest BCUT2D eigenvalue weighted by Crippen LogP contribution is 2.12. The number of hydrogen-bond acceptors (Lipinski definition) is 3. The summed E-state index contributed by atoms with van der Waals surface area (Å²) in [5.74, 6) is -0.715. The summed E-state index contributed by atoms with van der Waals surface area (Å²) in [4.78, 5) is 10.4. The fourth-order valence-electron chi connectivity index (χ4n) is 2.74. The van der Waals surface area contributed by atoms with Gasteiger partial charge in [-0.15, -0.1) is 0 Å². The summed E-state index contributed by atoms with van der Waals surface area (Å²) in [5.41, 5.74) is 0. The van der Waals surface area contributed by atoms with Gasteiger partial charge in [-0.3, -0.25) is 4.79 Å². The fourth-order valence-corrected chi connectivity index (χ4v) is 2.74. The normalized spacial score (nSPS) is 14.1. The van der Waals surface area contributed by atoms with E-state index >= 15 is 0 Å². The molecule has 2 atom stereocenters. The van der Waals surface area contributed by atoms with E-state index in [0.717, 1.165) is 57.8 Å². The van der Waals surface area contributed by atoms with E-state index in [1.807, 2.05) is 0 Å². The molecule has 0 amide bonds. The third-order valence-corrected chi connectivity index (χ3v) is 4.30. The van der Waals surface area contributed by atoms with Gasteiger partial charge in [-0.05, 0) is 19.3 Å². The Labute approximate surface area is 148 Å². The van der Waals surface area contributed by atoms with E-state index in [1.54, 1.807) is 12.2 Å². The van der Waals surface area contributed by atoms with Crippen LogP contribution in [0.3, 0.4) is 0 Å². The summed E-state index contributed by atoms with van der Waals surface area (Å²) in [6.07, 6.45) is 16.2. The number of carboxylic acids is 1. The monoisotopic (exact) mass is 342 g/mol. The van der Waals surface area contributed by atoms with Crippen LogP contribution in [0.25, 0.3) is 0 Å². The number of carbonyl (C=O) groups is 1. The minimum Gasteiger partial charge on any atom is -0.481 e. The van der Waals surface area contributed by atoms with Gasteiger partial charge in [-0.2, -0.15) is 0 Å². The Morgan fingerprint density at radius 1 is 0.750 bits per heavy atom. The molecular weight excluding hydrogens is 304 g/mol. The third kappa shape index (κ3) is 17.5.